The van der Waals surface area contributed by atoms with Crippen LogP contribution in [0.15, 0.2) is 79.0 Å². The van der Waals surface area contributed by atoms with E-state index in [-0.39, 0.29) is 0 Å². The average molecular weight is 388 g/mol. The van der Waals surface area contributed by atoms with E-state index in [1.165, 1.54) is 0 Å². The van der Waals surface area contributed by atoms with Crippen LogP contribution in [0.5, 0.6) is 11.5 Å². The van der Waals surface area contributed by atoms with Gasteiger partial charge in [0.05, 0.1) is 12.8 Å². The van der Waals surface area contributed by atoms with Crippen LogP contribution >= 0.6 is 0 Å². The minimum Gasteiger partial charge on any atom is -0.493 e. The Balaban J connectivity index is 1.53. The summed E-state index contributed by atoms with van der Waals surface area (Å²) in [6.45, 7) is 0.000145. The smallest absolute Gasteiger partial charge is 0.161 e. The van der Waals surface area contributed by atoms with E-state index < -0.39 is 6.67 Å². The lowest BCUT2D eigenvalue weighted by atomic mass is 10.1. The van der Waals surface area contributed by atoms with Crippen LogP contribution in [0.25, 0.3) is 22.6 Å². The van der Waals surface area contributed by atoms with E-state index in [4.69, 9.17) is 9.47 Å². The number of ether oxygens (including phenoxy) is 2. The summed E-state index contributed by atoms with van der Waals surface area (Å²) in [7, 11) is 1.62. The van der Waals surface area contributed by atoms with E-state index in [9.17, 15) is 4.39 Å². The summed E-state index contributed by atoms with van der Waals surface area (Å²) in [5.74, 6) is 2.06. The maximum absolute atomic E-state index is 12.7. The summed E-state index contributed by atoms with van der Waals surface area (Å²) in [5.41, 5.74) is 4.35. The quantitative estimate of drug-likeness (QED) is 0.435. The van der Waals surface area contributed by atoms with Crippen molar-refractivity contribution in [3.05, 3.63) is 90.1 Å². The normalized spacial score (nSPS) is 10.7. The third-order valence-corrected chi connectivity index (χ3v) is 4.66. The Kier molecular flexibility index (Phi) is 5.56. The zero-order valence-electron chi connectivity index (χ0n) is 16.1. The number of nitrogens with one attached hydrogen (secondary N) is 1. The number of hydrogen-bond acceptors (Lipinski definition) is 3. The maximum atomic E-state index is 12.7. The summed E-state index contributed by atoms with van der Waals surface area (Å²) in [5, 5.41) is 0. The van der Waals surface area contributed by atoms with Crippen LogP contribution in [-0.4, -0.2) is 17.1 Å². The molecule has 4 aromatic rings. The van der Waals surface area contributed by atoms with Gasteiger partial charge in [0, 0.05) is 17.3 Å². The van der Waals surface area contributed by atoms with Gasteiger partial charge in [0.25, 0.3) is 0 Å². The second-order valence-electron chi connectivity index (χ2n) is 6.60. The predicted octanol–water partition coefficient (Wildman–Crippen LogP) is 5.80. The second-order valence-corrected chi connectivity index (χ2v) is 6.60. The largest absolute Gasteiger partial charge is 0.493 e. The van der Waals surface area contributed by atoms with Crippen molar-refractivity contribution < 1.29 is 13.9 Å². The highest BCUT2D eigenvalue weighted by molar-refractivity contribution is 5.67. The lowest BCUT2D eigenvalue weighted by Crippen LogP contribution is -1.97. The van der Waals surface area contributed by atoms with Gasteiger partial charge in [-0.15, -0.1) is 0 Å². The third-order valence-electron chi connectivity index (χ3n) is 4.66. The number of H-pyrrole nitrogens is 1. The van der Waals surface area contributed by atoms with Crippen molar-refractivity contribution in [3.63, 3.8) is 0 Å². The van der Waals surface area contributed by atoms with Crippen molar-refractivity contribution in [2.75, 3.05) is 7.11 Å². The molecule has 146 valence electrons. The highest BCUT2D eigenvalue weighted by atomic mass is 19.1. The number of methoxy groups -OCH3 is 1. The molecule has 4 rings (SSSR count). The van der Waals surface area contributed by atoms with Gasteiger partial charge in [-0.3, -0.25) is 0 Å². The fraction of sp³-hybridized carbons (Fsp3) is 0.125. The van der Waals surface area contributed by atoms with Crippen LogP contribution in [0.4, 0.5) is 4.39 Å². The molecule has 0 spiro atoms. The van der Waals surface area contributed by atoms with Gasteiger partial charge in [-0.2, -0.15) is 0 Å². The molecule has 0 aliphatic rings. The first-order valence-electron chi connectivity index (χ1n) is 9.32. The predicted molar refractivity (Wildman–Crippen MR) is 112 cm³/mol. The highest BCUT2D eigenvalue weighted by Gasteiger charge is 2.11. The molecular formula is C24H21FN2O2. The molecule has 0 unspecified atom stereocenters. The van der Waals surface area contributed by atoms with Gasteiger partial charge in [0.1, 0.15) is 19.1 Å². The van der Waals surface area contributed by atoms with Crippen LogP contribution in [-0.2, 0) is 13.3 Å². The van der Waals surface area contributed by atoms with Gasteiger partial charge in [-0.1, -0.05) is 54.6 Å². The summed E-state index contributed by atoms with van der Waals surface area (Å²) in [6.07, 6.45) is 1.84. The molecule has 4 nitrogen and oxygen atoms in total. The Morgan fingerprint density at radius 1 is 0.862 bits per heavy atom. The van der Waals surface area contributed by atoms with Crippen LogP contribution in [0, 0.1) is 0 Å². The number of hydrogen-bond donors (Lipinski definition) is 1. The number of benzene rings is 3. The van der Waals surface area contributed by atoms with Crippen molar-refractivity contribution in [2.24, 2.45) is 0 Å². The van der Waals surface area contributed by atoms with E-state index in [1.54, 1.807) is 19.2 Å². The van der Waals surface area contributed by atoms with Crippen molar-refractivity contribution in [1.82, 2.24) is 9.97 Å². The monoisotopic (exact) mass is 388 g/mol. The van der Waals surface area contributed by atoms with E-state index >= 15 is 0 Å². The lowest BCUT2D eigenvalue weighted by Gasteiger charge is -2.11. The molecule has 1 N–H and O–H groups in total. The lowest BCUT2D eigenvalue weighted by molar-refractivity contribution is 0.284. The molecule has 0 aliphatic carbocycles. The molecule has 0 saturated heterocycles. The molecule has 0 fully saturated rings. The standard InChI is InChI=1S/C24H21FN2O2/c1-28-23-13-20(11-12-22(23)29-16-18-5-3-2-4-6-18)21-15-26-24(27-21)19-9-7-17(14-25)8-10-19/h2-13,15H,14,16H2,1H3,(H,26,27). The summed E-state index contributed by atoms with van der Waals surface area (Å²) in [6, 6.07) is 23.0. The molecule has 3 aromatic carbocycles. The van der Waals surface area contributed by atoms with E-state index in [2.05, 4.69) is 9.97 Å². The second kappa shape index (κ2) is 8.61. The number of aromatic nitrogens is 2. The van der Waals surface area contributed by atoms with Gasteiger partial charge in [0.15, 0.2) is 11.5 Å². The number of aromatic amines is 1. The first-order chi connectivity index (χ1) is 14.3. The van der Waals surface area contributed by atoms with Crippen molar-refractivity contribution >= 4 is 0 Å². The molecule has 29 heavy (non-hydrogen) atoms. The molecular weight excluding hydrogens is 367 g/mol. The van der Waals surface area contributed by atoms with Gasteiger partial charge < -0.3 is 14.5 Å². The third kappa shape index (κ3) is 4.29. The Hall–Kier alpha value is -3.60. The van der Waals surface area contributed by atoms with Crippen LogP contribution in [0.2, 0.25) is 0 Å². The summed E-state index contributed by atoms with van der Waals surface area (Å²) in [4.78, 5) is 7.84. The van der Waals surface area contributed by atoms with Gasteiger partial charge >= 0.3 is 0 Å². The molecule has 0 saturated carbocycles. The van der Waals surface area contributed by atoms with Gasteiger partial charge in [-0.25, -0.2) is 9.37 Å². The average Bonchev–Trinajstić information content (AvgIpc) is 3.28. The fourth-order valence-electron chi connectivity index (χ4n) is 3.05. The van der Waals surface area contributed by atoms with Gasteiger partial charge in [-0.05, 0) is 29.3 Å². The molecule has 0 aliphatic heterocycles. The number of nitrogens with zero attached hydrogens (tertiary/aromatic N) is 1. The molecule has 0 radical (unpaired) electrons. The zero-order valence-corrected chi connectivity index (χ0v) is 16.1. The molecule has 0 amide bonds. The Morgan fingerprint density at radius 2 is 1.62 bits per heavy atom. The number of alkyl halides is 1. The number of halogens is 1. The summed E-state index contributed by atoms with van der Waals surface area (Å²) < 4.78 is 24.1. The SMILES string of the molecule is COc1cc(-c2c[nH]c(-c3ccc(CF)cc3)n2)ccc1OCc1ccccc1. The first kappa shape index (κ1) is 18.7. The van der Waals surface area contributed by atoms with Crippen LogP contribution in [0.1, 0.15) is 11.1 Å². The Morgan fingerprint density at radius 3 is 2.34 bits per heavy atom. The maximum Gasteiger partial charge on any atom is 0.161 e. The van der Waals surface area contributed by atoms with Crippen molar-refractivity contribution in [3.8, 4) is 34.1 Å². The van der Waals surface area contributed by atoms with E-state index in [1.807, 2.05) is 66.9 Å². The molecule has 5 heteroatoms. The number of imidazole rings is 1. The Bertz CT molecular complexity index is 1080. The summed E-state index contributed by atoms with van der Waals surface area (Å²) >= 11 is 0. The van der Waals surface area contributed by atoms with Gasteiger partial charge in [0.2, 0.25) is 0 Å². The highest BCUT2D eigenvalue weighted by Crippen LogP contribution is 2.33. The van der Waals surface area contributed by atoms with Crippen LogP contribution in [0.3, 0.4) is 0 Å². The minimum absolute atomic E-state index is 0.470. The Labute approximate surface area is 169 Å². The molecule has 1 heterocycles. The van der Waals surface area contributed by atoms with E-state index in [0.29, 0.717) is 23.7 Å². The van der Waals surface area contributed by atoms with Crippen molar-refractivity contribution in [2.45, 2.75) is 13.3 Å². The zero-order chi connectivity index (χ0) is 20.1. The molecule has 1 aromatic heterocycles. The molecule has 0 atom stereocenters. The van der Waals surface area contributed by atoms with Crippen LogP contribution < -0.4 is 9.47 Å². The fourth-order valence-corrected chi connectivity index (χ4v) is 3.05. The number of rotatable bonds is 7. The first-order valence-corrected chi connectivity index (χ1v) is 9.32. The molecule has 0 bridgehead atoms. The minimum atomic E-state index is -0.470. The van der Waals surface area contributed by atoms with Crippen molar-refractivity contribution in [1.29, 1.82) is 0 Å². The topological polar surface area (TPSA) is 47.1 Å². The van der Waals surface area contributed by atoms with E-state index in [0.717, 1.165) is 28.2 Å².